The van der Waals surface area contributed by atoms with Crippen LogP contribution in [0.25, 0.3) is 5.65 Å². The predicted molar refractivity (Wildman–Crippen MR) is 71.8 cm³/mol. The summed E-state index contributed by atoms with van der Waals surface area (Å²) < 4.78 is 25.2. The third-order valence-electron chi connectivity index (χ3n) is 2.46. The van der Waals surface area contributed by atoms with E-state index < -0.39 is 21.5 Å². The molecule has 2 aromatic rings. The number of halogens is 1. The van der Waals surface area contributed by atoms with Gasteiger partial charge in [0.25, 0.3) is 0 Å². The molecule has 0 bridgehead atoms. The van der Waals surface area contributed by atoms with E-state index in [4.69, 9.17) is 11.6 Å². The number of nitrogens with zero attached hydrogens (tertiary/aromatic N) is 2. The van der Waals surface area contributed by atoms with Crippen molar-refractivity contribution in [3.63, 3.8) is 0 Å². The van der Waals surface area contributed by atoms with Gasteiger partial charge in [0.1, 0.15) is 11.4 Å². The van der Waals surface area contributed by atoms with Crippen LogP contribution in [0.3, 0.4) is 0 Å². The maximum Gasteiger partial charge on any atom is 0.234 e. The second kappa shape index (κ2) is 5.18. The molecule has 0 aliphatic heterocycles. The van der Waals surface area contributed by atoms with Crippen LogP contribution in [0.15, 0.2) is 24.5 Å². The minimum Gasteiger partial charge on any atom is -0.358 e. The Bertz CT molecular complexity index is 724. The average molecular weight is 302 g/mol. The molecule has 0 saturated heterocycles. The molecule has 0 atom stereocenters. The Morgan fingerprint density at radius 3 is 2.84 bits per heavy atom. The Morgan fingerprint density at radius 1 is 1.42 bits per heavy atom. The van der Waals surface area contributed by atoms with Crippen LogP contribution in [0.4, 0.5) is 0 Å². The summed E-state index contributed by atoms with van der Waals surface area (Å²) in [4.78, 5) is 15.3. The van der Waals surface area contributed by atoms with E-state index in [1.165, 1.54) is 7.05 Å². The quantitative estimate of drug-likeness (QED) is 0.899. The van der Waals surface area contributed by atoms with Crippen molar-refractivity contribution in [2.75, 3.05) is 12.8 Å². The molecule has 19 heavy (non-hydrogen) atoms. The molecule has 8 heteroatoms. The lowest BCUT2D eigenvalue weighted by atomic mass is 10.5. The molecule has 0 unspecified atom stereocenters. The fraction of sp³-hybridized carbons (Fsp3) is 0.273. The van der Waals surface area contributed by atoms with Crippen LogP contribution in [-0.2, 0) is 20.4 Å². The van der Waals surface area contributed by atoms with Crippen molar-refractivity contribution in [1.82, 2.24) is 14.7 Å². The molecule has 0 fully saturated rings. The monoisotopic (exact) mass is 301 g/mol. The summed E-state index contributed by atoms with van der Waals surface area (Å²) >= 11 is 5.83. The Morgan fingerprint density at radius 2 is 2.16 bits per heavy atom. The smallest absolute Gasteiger partial charge is 0.234 e. The van der Waals surface area contributed by atoms with Gasteiger partial charge in [-0.3, -0.25) is 4.79 Å². The highest BCUT2D eigenvalue weighted by Gasteiger charge is 2.18. The van der Waals surface area contributed by atoms with Gasteiger partial charge < -0.3 is 9.72 Å². The first-order chi connectivity index (χ1) is 8.89. The van der Waals surface area contributed by atoms with Gasteiger partial charge in [0, 0.05) is 19.4 Å². The topological polar surface area (TPSA) is 80.5 Å². The van der Waals surface area contributed by atoms with Crippen molar-refractivity contribution in [2.45, 2.75) is 5.75 Å². The molecular weight excluding hydrogens is 290 g/mol. The Labute approximate surface area is 115 Å². The first kappa shape index (κ1) is 13.8. The standard InChI is InChI=1S/C11H12ClN3O3S/c1-13-11(16)7-19(17,18)6-9-5-15-4-8(12)2-3-10(15)14-9/h2-5H,6-7H2,1H3,(H,13,16). The molecule has 2 heterocycles. The van der Waals surface area contributed by atoms with Crippen LogP contribution >= 0.6 is 11.6 Å². The van der Waals surface area contributed by atoms with E-state index >= 15 is 0 Å². The van der Waals surface area contributed by atoms with E-state index in [2.05, 4.69) is 10.3 Å². The van der Waals surface area contributed by atoms with Crippen molar-refractivity contribution < 1.29 is 13.2 Å². The summed E-state index contributed by atoms with van der Waals surface area (Å²) in [5.41, 5.74) is 0.987. The third-order valence-corrected chi connectivity index (χ3v) is 4.12. The maximum absolute atomic E-state index is 11.8. The first-order valence-corrected chi connectivity index (χ1v) is 7.64. The van der Waals surface area contributed by atoms with E-state index in [-0.39, 0.29) is 5.75 Å². The molecule has 0 aliphatic carbocycles. The summed E-state index contributed by atoms with van der Waals surface area (Å²) in [6.45, 7) is 0. The number of pyridine rings is 1. The Hall–Kier alpha value is -1.60. The molecule has 1 N–H and O–H groups in total. The lowest BCUT2D eigenvalue weighted by Crippen LogP contribution is -2.27. The van der Waals surface area contributed by atoms with Crippen LogP contribution < -0.4 is 5.32 Å². The molecule has 102 valence electrons. The second-order valence-corrected chi connectivity index (χ2v) is 6.55. The number of amides is 1. The number of fused-ring (bicyclic) bond motifs is 1. The molecule has 2 rings (SSSR count). The van der Waals surface area contributed by atoms with Gasteiger partial charge in [-0.2, -0.15) is 0 Å². The van der Waals surface area contributed by atoms with Gasteiger partial charge in [0.05, 0.1) is 16.5 Å². The van der Waals surface area contributed by atoms with Crippen LogP contribution in [0.1, 0.15) is 5.69 Å². The minimum atomic E-state index is -3.52. The van der Waals surface area contributed by atoms with Gasteiger partial charge in [-0.25, -0.2) is 13.4 Å². The number of aromatic nitrogens is 2. The zero-order valence-corrected chi connectivity index (χ0v) is 11.7. The Balaban J connectivity index is 2.23. The number of carbonyl (C=O) groups is 1. The van der Waals surface area contributed by atoms with E-state index in [0.29, 0.717) is 16.4 Å². The summed E-state index contributed by atoms with van der Waals surface area (Å²) in [5, 5.41) is 2.81. The van der Waals surface area contributed by atoms with E-state index in [0.717, 1.165) is 0 Å². The number of hydrogen-bond acceptors (Lipinski definition) is 4. The third kappa shape index (κ3) is 3.45. The highest BCUT2D eigenvalue weighted by atomic mass is 35.5. The van der Waals surface area contributed by atoms with Gasteiger partial charge in [-0.15, -0.1) is 0 Å². The predicted octanol–water partition coefficient (Wildman–Crippen LogP) is 0.649. The number of nitrogens with one attached hydrogen (secondary N) is 1. The number of sulfone groups is 1. The van der Waals surface area contributed by atoms with E-state index in [1.807, 2.05) is 0 Å². The average Bonchev–Trinajstić information content (AvgIpc) is 2.68. The number of carbonyl (C=O) groups excluding carboxylic acids is 1. The zero-order chi connectivity index (χ0) is 14.0. The lowest BCUT2D eigenvalue weighted by Gasteiger charge is -2.00. The molecular formula is C11H12ClN3O3S. The van der Waals surface area contributed by atoms with Gasteiger partial charge in [-0.1, -0.05) is 11.6 Å². The van der Waals surface area contributed by atoms with Crippen molar-refractivity contribution in [3.05, 3.63) is 35.2 Å². The molecule has 2 aromatic heterocycles. The zero-order valence-electron chi connectivity index (χ0n) is 10.1. The molecule has 0 radical (unpaired) electrons. The van der Waals surface area contributed by atoms with Gasteiger partial charge in [0.2, 0.25) is 5.91 Å². The largest absolute Gasteiger partial charge is 0.358 e. The fourth-order valence-corrected chi connectivity index (χ4v) is 3.04. The summed E-state index contributed by atoms with van der Waals surface area (Å²) in [7, 11) is -2.13. The Kier molecular flexibility index (Phi) is 3.77. The van der Waals surface area contributed by atoms with E-state index in [1.54, 1.807) is 28.9 Å². The second-order valence-electron chi connectivity index (χ2n) is 4.05. The van der Waals surface area contributed by atoms with Crippen LogP contribution in [-0.4, -0.2) is 36.5 Å². The van der Waals surface area contributed by atoms with Gasteiger partial charge >= 0.3 is 0 Å². The molecule has 6 nitrogen and oxygen atoms in total. The van der Waals surface area contributed by atoms with Gasteiger partial charge in [0.15, 0.2) is 9.84 Å². The van der Waals surface area contributed by atoms with Crippen molar-refractivity contribution in [3.8, 4) is 0 Å². The molecule has 1 amide bonds. The number of imidazole rings is 1. The first-order valence-electron chi connectivity index (χ1n) is 5.44. The fourth-order valence-electron chi connectivity index (χ4n) is 1.64. The normalized spacial score (nSPS) is 11.7. The van der Waals surface area contributed by atoms with Crippen LogP contribution in [0.2, 0.25) is 5.02 Å². The highest BCUT2D eigenvalue weighted by molar-refractivity contribution is 7.91. The van der Waals surface area contributed by atoms with Gasteiger partial charge in [-0.05, 0) is 12.1 Å². The summed E-state index contributed by atoms with van der Waals surface area (Å²) in [6.07, 6.45) is 3.22. The van der Waals surface area contributed by atoms with Crippen LogP contribution in [0.5, 0.6) is 0 Å². The molecule has 0 spiro atoms. The lowest BCUT2D eigenvalue weighted by molar-refractivity contribution is -0.118. The SMILES string of the molecule is CNC(=O)CS(=O)(=O)Cc1cn2cc(Cl)ccc2n1. The van der Waals surface area contributed by atoms with Crippen molar-refractivity contribution in [1.29, 1.82) is 0 Å². The summed E-state index contributed by atoms with van der Waals surface area (Å²) in [6, 6.07) is 3.36. The number of rotatable bonds is 4. The maximum atomic E-state index is 11.8. The molecule has 0 aliphatic rings. The van der Waals surface area contributed by atoms with E-state index in [9.17, 15) is 13.2 Å². The molecule has 0 aromatic carbocycles. The minimum absolute atomic E-state index is 0.278. The van der Waals surface area contributed by atoms with Crippen molar-refractivity contribution >= 4 is 33.0 Å². The molecule has 0 saturated carbocycles. The number of hydrogen-bond donors (Lipinski definition) is 1. The summed E-state index contributed by atoms with van der Waals surface area (Å²) in [5.74, 6) is -1.36. The highest BCUT2D eigenvalue weighted by Crippen LogP contribution is 2.13. The van der Waals surface area contributed by atoms with Crippen molar-refractivity contribution in [2.24, 2.45) is 0 Å². The van der Waals surface area contributed by atoms with Crippen LogP contribution in [0, 0.1) is 0 Å².